The van der Waals surface area contributed by atoms with Crippen molar-refractivity contribution < 1.29 is 9.53 Å². The van der Waals surface area contributed by atoms with Gasteiger partial charge in [0.05, 0.1) is 11.3 Å². The first kappa shape index (κ1) is 20.3. The average molecular weight is 402 g/mol. The van der Waals surface area contributed by atoms with Gasteiger partial charge < -0.3 is 9.64 Å². The van der Waals surface area contributed by atoms with Crippen LogP contribution in [0.15, 0.2) is 30.5 Å². The fraction of sp³-hybridized carbons (Fsp3) is 0.450. The predicted molar refractivity (Wildman–Crippen MR) is 114 cm³/mol. The van der Waals surface area contributed by atoms with Gasteiger partial charge in [0.2, 0.25) is 0 Å². The zero-order chi connectivity index (χ0) is 20.1. The summed E-state index contributed by atoms with van der Waals surface area (Å²) in [5.74, 6) is 0.678. The van der Waals surface area contributed by atoms with E-state index in [-0.39, 0.29) is 5.91 Å². The van der Waals surface area contributed by atoms with Crippen LogP contribution in [0.1, 0.15) is 30.8 Å². The lowest BCUT2D eigenvalue weighted by atomic mass is 10.3. The fourth-order valence-electron chi connectivity index (χ4n) is 3.03. The Morgan fingerprint density at radius 3 is 2.75 bits per heavy atom. The van der Waals surface area contributed by atoms with Gasteiger partial charge >= 0.3 is 0 Å². The molecule has 0 fully saturated rings. The molecule has 0 atom stereocenters. The molecular formula is C20H27N5O2S. The van der Waals surface area contributed by atoms with E-state index in [4.69, 9.17) is 9.72 Å². The molecule has 28 heavy (non-hydrogen) atoms. The molecule has 0 radical (unpaired) electrons. The number of fused-ring (bicyclic) bond motifs is 1. The lowest BCUT2D eigenvalue weighted by molar-refractivity contribution is 0.0975. The summed E-state index contributed by atoms with van der Waals surface area (Å²) in [6.07, 6.45) is 2.52. The molecule has 0 bridgehead atoms. The number of rotatable bonds is 9. The van der Waals surface area contributed by atoms with Crippen LogP contribution in [0.5, 0.6) is 5.75 Å². The van der Waals surface area contributed by atoms with E-state index >= 15 is 0 Å². The van der Waals surface area contributed by atoms with Crippen molar-refractivity contribution in [3.63, 3.8) is 0 Å². The van der Waals surface area contributed by atoms with Gasteiger partial charge in [-0.2, -0.15) is 5.10 Å². The van der Waals surface area contributed by atoms with Crippen LogP contribution in [-0.4, -0.2) is 59.4 Å². The first-order valence-corrected chi connectivity index (χ1v) is 10.4. The summed E-state index contributed by atoms with van der Waals surface area (Å²) < 4.78 is 8.45. The molecule has 0 spiro atoms. The number of aryl methyl sites for hydroxylation is 1. The average Bonchev–Trinajstić information content (AvgIpc) is 3.31. The molecule has 1 amide bonds. The Hall–Kier alpha value is -2.45. The van der Waals surface area contributed by atoms with E-state index in [0.29, 0.717) is 30.5 Å². The number of aromatic nitrogens is 3. The number of carbonyl (C=O) groups is 1. The minimum atomic E-state index is -0.0740. The van der Waals surface area contributed by atoms with Gasteiger partial charge in [0.25, 0.3) is 5.91 Å². The molecule has 2 aromatic heterocycles. The number of benzene rings is 1. The fourth-order valence-corrected chi connectivity index (χ4v) is 4.04. The summed E-state index contributed by atoms with van der Waals surface area (Å²) in [5.41, 5.74) is 1.38. The second kappa shape index (κ2) is 9.16. The van der Waals surface area contributed by atoms with E-state index in [1.807, 2.05) is 46.1 Å². The number of ether oxygens (including phenoxy) is 1. The molecule has 3 aromatic rings. The minimum absolute atomic E-state index is 0.0740. The number of para-hydroxylation sites is 1. The van der Waals surface area contributed by atoms with Crippen molar-refractivity contribution in [1.82, 2.24) is 19.7 Å². The molecule has 2 heterocycles. The highest BCUT2D eigenvalue weighted by Gasteiger charge is 2.24. The number of hydrogen-bond acceptors (Lipinski definition) is 6. The number of nitrogens with zero attached hydrogens (tertiary/aromatic N) is 5. The number of amides is 1. The summed E-state index contributed by atoms with van der Waals surface area (Å²) in [6, 6.07) is 7.65. The molecule has 0 aliphatic rings. The largest absolute Gasteiger partial charge is 0.492 e. The van der Waals surface area contributed by atoms with Crippen molar-refractivity contribution in [1.29, 1.82) is 0 Å². The van der Waals surface area contributed by atoms with Crippen LogP contribution in [-0.2, 0) is 6.54 Å². The SMILES string of the molecule is CCOc1cccc2sc(N(CCCN(C)C)C(=O)c3ccnn3CC)nc12. The molecule has 0 N–H and O–H groups in total. The van der Waals surface area contributed by atoms with Crippen LogP contribution < -0.4 is 9.64 Å². The summed E-state index contributed by atoms with van der Waals surface area (Å²) in [5, 5.41) is 4.94. The maximum atomic E-state index is 13.3. The molecule has 1 aromatic carbocycles. The zero-order valence-corrected chi connectivity index (χ0v) is 17.7. The molecule has 150 valence electrons. The summed E-state index contributed by atoms with van der Waals surface area (Å²) in [6.45, 7) is 6.64. The van der Waals surface area contributed by atoms with Crippen molar-refractivity contribution >= 4 is 32.6 Å². The van der Waals surface area contributed by atoms with Gasteiger partial charge in [-0.05, 0) is 59.1 Å². The zero-order valence-electron chi connectivity index (χ0n) is 16.9. The quantitative estimate of drug-likeness (QED) is 0.549. The highest BCUT2D eigenvalue weighted by molar-refractivity contribution is 7.22. The van der Waals surface area contributed by atoms with Gasteiger partial charge in [0.15, 0.2) is 5.13 Å². The Morgan fingerprint density at radius 1 is 1.21 bits per heavy atom. The highest BCUT2D eigenvalue weighted by Crippen LogP contribution is 2.34. The maximum absolute atomic E-state index is 13.3. The Kier molecular flexibility index (Phi) is 6.64. The Morgan fingerprint density at radius 2 is 2.04 bits per heavy atom. The third kappa shape index (κ3) is 4.34. The maximum Gasteiger partial charge on any atom is 0.278 e. The highest BCUT2D eigenvalue weighted by atomic mass is 32.1. The third-order valence-corrected chi connectivity index (χ3v) is 5.41. The van der Waals surface area contributed by atoms with E-state index in [2.05, 4.69) is 10.00 Å². The molecule has 7 nitrogen and oxygen atoms in total. The van der Waals surface area contributed by atoms with Gasteiger partial charge in [0.1, 0.15) is 17.0 Å². The second-order valence-electron chi connectivity index (χ2n) is 6.68. The van der Waals surface area contributed by atoms with Crippen LogP contribution in [0.4, 0.5) is 5.13 Å². The van der Waals surface area contributed by atoms with Crippen LogP contribution in [0.2, 0.25) is 0 Å². The second-order valence-corrected chi connectivity index (χ2v) is 7.69. The molecule has 0 unspecified atom stereocenters. The topological polar surface area (TPSA) is 63.5 Å². The van der Waals surface area contributed by atoms with E-state index in [1.54, 1.807) is 21.8 Å². The molecule has 3 rings (SSSR count). The number of anilines is 1. The van der Waals surface area contributed by atoms with E-state index in [9.17, 15) is 4.79 Å². The first-order valence-electron chi connectivity index (χ1n) is 9.55. The normalized spacial score (nSPS) is 11.3. The first-order chi connectivity index (χ1) is 13.5. The van der Waals surface area contributed by atoms with Crippen molar-refractivity contribution in [2.75, 3.05) is 38.7 Å². The number of carbonyl (C=O) groups excluding carboxylic acids is 1. The molecular weight excluding hydrogens is 374 g/mol. The smallest absolute Gasteiger partial charge is 0.278 e. The van der Waals surface area contributed by atoms with Gasteiger partial charge in [-0.25, -0.2) is 4.98 Å². The van der Waals surface area contributed by atoms with Crippen molar-refractivity contribution in [2.45, 2.75) is 26.8 Å². The molecule has 0 saturated heterocycles. The molecule has 0 aliphatic heterocycles. The Bertz CT molecular complexity index is 934. The summed E-state index contributed by atoms with van der Waals surface area (Å²) >= 11 is 1.51. The Balaban J connectivity index is 1.97. The molecule has 8 heteroatoms. The van der Waals surface area contributed by atoms with Crippen molar-refractivity contribution in [3.8, 4) is 5.75 Å². The standard InChI is InChI=1S/C20H27N5O2S/c1-5-25-15(11-12-21-25)19(26)24(14-8-13-23(3)4)20-22-18-16(27-6-2)9-7-10-17(18)28-20/h7,9-12H,5-6,8,13-14H2,1-4H3. The molecule has 0 aliphatic carbocycles. The van der Waals surface area contributed by atoms with Crippen LogP contribution in [0.25, 0.3) is 10.2 Å². The van der Waals surface area contributed by atoms with Gasteiger partial charge in [0, 0.05) is 19.3 Å². The predicted octanol–water partition coefficient (Wildman–Crippen LogP) is 3.51. The van der Waals surface area contributed by atoms with E-state index in [1.165, 1.54) is 11.3 Å². The van der Waals surface area contributed by atoms with Gasteiger partial charge in [-0.1, -0.05) is 17.4 Å². The minimum Gasteiger partial charge on any atom is -0.492 e. The van der Waals surface area contributed by atoms with Gasteiger partial charge in [-0.3, -0.25) is 14.4 Å². The van der Waals surface area contributed by atoms with Crippen molar-refractivity contribution in [3.05, 3.63) is 36.2 Å². The molecule has 0 saturated carbocycles. The summed E-state index contributed by atoms with van der Waals surface area (Å²) in [7, 11) is 4.06. The number of hydrogen-bond donors (Lipinski definition) is 0. The summed E-state index contributed by atoms with van der Waals surface area (Å²) in [4.78, 5) is 22.0. The lowest BCUT2D eigenvalue weighted by Gasteiger charge is -2.21. The monoisotopic (exact) mass is 401 g/mol. The van der Waals surface area contributed by atoms with Crippen LogP contribution in [0.3, 0.4) is 0 Å². The van der Waals surface area contributed by atoms with Gasteiger partial charge in [-0.15, -0.1) is 0 Å². The van der Waals surface area contributed by atoms with Crippen LogP contribution >= 0.6 is 11.3 Å². The van der Waals surface area contributed by atoms with E-state index < -0.39 is 0 Å². The Labute approximate surface area is 169 Å². The number of thiazole rings is 1. The van der Waals surface area contributed by atoms with Crippen LogP contribution in [0, 0.1) is 0 Å². The lowest BCUT2D eigenvalue weighted by Crippen LogP contribution is -2.34. The van der Waals surface area contributed by atoms with E-state index in [0.717, 1.165) is 28.9 Å². The van der Waals surface area contributed by atoms with Crippen molar-refractivity contribution in [2.24, 2.45) is 0 Å². The third-order valence-electron chi connectivity index (χ3n) is 4.37.